The summed E-state index contributed by atoms with van der Waals surface area (Å²) >= 11 is 0. The summed E-state index contributed by atoms with van der Waals surface area (Å²) in [7, 11) is 0. The highest BCUT2D eigenvalue weighted by Gasteiger charge is 2.29. The van der Waals surface area contributed by atoms with E-state index in [-0.39, 0.29) is 23.7 Å². The highest BCUT2D eigenvalue weighted by Crippen LogP contribution is 2.26. The van der Waals surface area contributed by atoms with Crippen molar-refractivity contribution in [3.63, 3.8) is 0 Å². The number of hydrogen-bond donors (Lipinski definition) is 2. The van der Waals surface area contributed by atoms with E-state index in [9.17, 15) is 9.59 Å². The molecule has 8 heteroatoms. The molecule has 0 spiro atoms. The van der Waals surface area contributed by atoms with E-state index in [1.54, 1.807) is 6.20 Å². The minimum absolute atomic E-state index is 0.0336. The van der Waals surface area contributed by atoms with Crippen LogP contribution in [0.25, 0.3) is 0 Å². The van der Waals surface area contributed by atoms with E-state index in [0.29, 0.717) is 42.4 Å². The number of nitrogens with one attached hydrogen (secondary N) is 2. The van der Waals surface area contributed by atoms with Crippen molar-refractivity contribution in [2.24, 2.45) is 0 Å². The lowest BCUT2D eigenvalue weighted by Crippen LogP contribution is -2.39. The van der Waals surface area contributed by atoms with Gasteiger partial charge in [0.05, 0.1) is 11.3 Å². The molecule has 172 valence electrons. The molecule has 0 aliphatic carbocycles. The number of aryl methyl sites for hydroxylation is 1. The van der Waals surface area contributed by atoms with Crippen molar-refractivity contribution in [2.45, 2.75) is 52.0 Å². The van der Waals surface area contributed by atoms with Crippen LogP contribution in [0.1, 0.15) is 82.1 Å². The first-order chi connectivity index (χ1) is 15.9. The van der Waals surface area contributed by atoms with Crippen molar-refractivity contribution >= 4 is 11.8 Å². The first-order valence-electron chi connectivity index (χ1n) is 11.4. The van der Waals surface area contributed by atoms with Gasteiger partial charge >= 0.3 is 0 Å². The second-order valence-corrected chi connectivity index (χ2v) is 8.85. The Balaban J connectivity index is 1.41. The summed E-state index contributed by atoms with van der Waals surface area (Å²) in [6.07, 6.45) is 3.38. The molecule has 4 rings (SSSR count). The molecule has 0 radical (unpaired) electrons. The average molecular weight is 447 g/mol. The van der Waals surface area contributed by atoms with Gasteiger partial charge in [-0.1, -0.05) is 44.2 Å². The fraction of sp³-hybridized carbons (Fsp3) is 0.400. The molecular weight excluding hydrogens is 416 g/mol. The summed E-state index contributed by atoms with van der Waals surface area (Å²) in [6, 6.07) is 11.6. The van der Waals surface area contributed by atoms with Crippen molar-refractivity contribution in [2.75, 3.05) is 13.1 Å². The van der Waals surface area contributed by atoms with Crippen molar-refractivity contribution < 1.29 is 9.59 Å². The molecule has 1 aliphatic rings. The Kier molecular flexibility index (Phi) is 6.82. The van der Waals surface area contributed by atoms with E-state index in [0.717, 1.165) is 24.1 Å². The first-order valence-corrected chi connectivity index (χ1v) is 11.4. The predicted molar refractivity (Wildman–Crippen MR) is 125 cm³/mol. The van der Waals surface area contributed by atoms with E-state index in [1.807, 2.05) is 48.2 Å². The number of piperidine rings is 1. The number of likely N-dealkylation sites (tertiary alicyclic amines) is 1. The number of H-pyrrole nitrogens is 1. The zero-order valence-electron chi connectivity index (χ0n) is 19.3. The lowest BCUT2D eigenvalue weighted by atomic mass is 9.96. The van der Waals surface area contributed by atoms with E-state index in [1.165, 1.54) is 0 Å². The second-order valence-electron chi connectivity index (χ2n) is 8.85. The van der Waals surface area contributed by atoms with Gasteiger partial charge in [0.2, 0.25) is 0 Å². The maximum Gasteiger partial charge on any atom is 0.274 e. The van der Waals surface area contributed by atoms with Gasteiger partial charge in [-0.25, -0.2) is 9.97 Å². The summed E-state index contributed by atoms with van der Waals surface area (Å²) in [6.45, 7) is 7.63. The van der Waals surface area contributed by atoms with E-state index < -0.39 is 0 Å². The zero-order valence-corrected chi connectivity index (χ0v) is 19.3. The van der Waals surface area contributed by atoms with Crippen molar-refractivity contribution in [3.05, 3.63) is 76.6 Å². The number of hydrogen-bond acceptors (Lipinski definition) is 5. The molecule has 1 aliphatic heterocycles. The van der Waals surface area contributed by atoms with Gasteiger partial charge in [0.15, 0.2) is 0 Å². The summed E-state index contributed by atoms with van der Waals surface area (Å²) < 4.78 is 0. The van der Waals surface area contributed by atoms with Crippen LogP contribution in [0.15, 0.2) is 42.6 Å². The largest absolute Gasteiger partial charge is 0.348 e. The third kappa shape index (κ3) is 5.27. The summed E-state index contributed by atoms with van der Waals surface area (Å²) in [4.78, 5) is 36.5. The molecule has 1 fully saturated rings. The van der Waals surface area contributed by atoms with Gasteiger partial charge in [0.25, 0.3) is 11.8 Å². The fourth-order valence-corrected chi connectivity index (χ4v) is 4.05. The van der Waals surface area contributed by atoms with Gasteiger partial charge in [-0.3, -0.25) is 14.7 Å². The molecule has 1 atom stereocenters. The third-order valence-electron chi connectivity index (χ3n) is 6.05. The van der Waals surface area contributed by atoms with Gasteiger partial charge in [-0.15, -0.1) is 0 Å². The topological polar surface area (TPSA) is 104 Å². The standard InChI is InChI=1S/C25H30N6O2/c1-16(2)21-12-22(30-29-21)25(33)31-11-7-10-19(15-31)23-26-14-20(17(3)28-23)24(32)27-13-18-8-5-4-6-9-18/h4-6,8-9,12,14,16,19H,7,10-11,13,15H2,1-3H3,(H,27,32)(H,29,30). The normalized spacial score (nSPS) is 16.1. The fourth-order valence-electron chi connectivity index (χ4n) is 4.05. The highest BCUT2D eigenvalue weighted by molar-refractivity contribution is 5.95. The third-order valence-corrected chi connectivity index (χ3v) is 6.05. The molecule has 2 N–H and O–H groups in total. The summed E-state index contributed by atoms with van der Waals surface area (Å²) in [5.41, 5.74) is 3.54. The number of benzene rings is 1. The number of carbonyl (C=O) groups is 2. The number of amides is 2. The van der Waals surface area contributed by atoms with E-state index in [2.05, 4.69) is 39.3 Å². The second kappa shape index (κ2) is 9.94. The lowest BCUT2D eigenvalue weighted by Gasteiger charge is -2.31. The van der Waals surface area contributed by atoms with Gasteiger partial charge in [-0.05, 0) is 37.3 Å². The minimum atomic E-state index is -0.192. The number of nitrogens with zero attached hydrogens (tertiary/aromatic N) is 4. The van der Waals surface area contributed by atoms with Crippen molar-refractivity contribution in [1.82, 2.24) is 30.4 Å². The molecule has 8 nitrogen and oxygen atoms in total. The van der Waals surface area contributed by atoms with Crippen LogP contribution >= 0.6 is 0 Å². The smallest absolute Gasteiger partial charge is 0.274 e. The Hall–Kier alpha value is -3.55. The Morgan fingerprint density at radius 1 is 1.24 bits per heavy atom. The van der Waals surface area contributed by atoms with Crippen LogP contribution in [0.4, 0.5) is 0 Å². The monoisotopic (exact) mass is 446 g/mol. The number of carbonyl (C=O) groups excluding carboxylic acids is 2. The molecule has 1 aromatic carbocycles. The van der Waals surface area contributed by atoms with Gasteiger partial charge in [-0.2, -0.15) is 5.10 Å². The van der Waals surface area contributed by atoms with Crippen LogP contribution in [0, 0.1) is 6.92 Å². The molecule has 1 unspecified atom stereocenters. The number of aromatic nitrogens is 4. The van der Waals surface area contributed by atoms with E-state index >= 15 is 0 Å². The average Bonchev–Trinajstić information content (AvgIpc) is 3.33. The quantitative estimate of drug-likeness (QED) is 0.602. The van der Waals surface area contributed by atoms with Gasteiger partial charge < -0.3 is 10.2 Å². The first kappa shape index (κ1) is 22.6. The molecule has 0 saturated carbocycles. The van der Waals surface area contributed by atoms with E-state index in [4.69, 9.17) is 0 Å². The Bertz CT molecular complexity index is 1120. The van der Waals surface area contributed by atoms with Gasteiger partial charge in [0.1, 0.15) is 11.5 Å². The molecule has 1 saturated heterocycles. The molecule has 33 heavy (non-hydrogen) atoms. The van der Waals surface area contributed by atoms with Crippen LogP contribution in [0.3, 0.4) is 0 Å². The van der Waals surface area contributed by atoms with Crippen molar-refractivity contribution in [3.8, 4) is 0 Å². The van der Waals surface area contributed by atoms with Crippen LogP contribution < -0.4 is 5.32 Å². The van der Waals surface area contributed by atoms with Crippen LogP contribution in [0.2, 0.25) is 0 Å². The van der Waals surface area contributed by atoms with Crippen LogP contribution in [-0.2, 0) is 6.54 Å². The Labute approximate surface area is 193 Å². The highest BCUT2D eigenvalue weighted by atomic mass is 16.2. The molecule has 3 heterocycles. The lowest BCUT2D eigenvalue weighted by molar-refractivity contribution is 0.0698. The van der Waals surface area contributed by atoms with Crippen LogP contribution in [-0.4, -0.2) is 50.0 Å². The van der Waals surface area contributed by atoms with Crippen molar-refractivity contribution in [1.29, 1.82) is 0 Å². The number of aromatic amines is 1. The molecule has 3 aromatic rings. The SMILES string of the molecule is Cc1nc(C2CCCN(C(=O)c3cc(C(C)C)[nH]n3)C2)ncc1C(=O)NCc1ccccc1. The summed E-state index contributed by atoms with van der Waals surface area (Å²) in [5, 5.41) is 10.1. The zero-order chi connectivity index (χ0) is 23.4. The molecule has 2 amide bonds. The summed E-state index contributed by atoms with van der Waals surface area (Å²) in [5.74, 6) is 0.730. The minimum Gasteiger partial charge on any atom is -0.348 e. The maximum atomic E-state index is 13.0. The van der Waals surface area contributed by atoms with Gasteiger partial charge in [0, 0.05) is 37.4 Å². The Morgan fingerprint density at radius 2 is 2.03 bits per heavy atom. The molecule has 0 bridgehead atoms. The maximum absolute atomic E-state index is 13.0. The predicted octanol–water partition coefficient (Wildman–Crippen LogP) is 3.58. The van der Waals surface area contributed by atoms with Crippen LogP contribution in [0.5, 0.6) is 0 Å². The number of rotatable bonds is 6. The molecular formula is C25H30N6O2. The Morgan fingerprint density at radius 3 is 2.73 bits per heavy atom. The molecule has 2 aromatic heterocycles.